The third-order valence-electron chi connectivity index (χ3n) is 4.16. The van der Waals surface area contributed by atoms with E-state index in [1.54, 1.807) is 0 Å². The Hall–Kier alpha value is -0.290. The smallest absolute Gasteiger partial charge is 0.304 e. The monoisotopic (exact) mass is 250 g/mol. The van der Waals surface area contributed by atoms with Gasteiger partial charge in [-0.1, -0.05) is 6.42 Å². The van der Waals surface area contributed by atoms with Crippen molar-refractivity contribution in [2.45, 2.75) is 56.3 Å². The number of alkyl halides is 3. The number of nitrogens with one attached hydrogen (secondary N) is 1. The van der Waals surface area contributed by atoms with Gasteiger partial charge in [-0.15, -0.1) is 0 Å². The molecule has 0 bridgehead atoms. The van der Waals surface area contributed by atoms with E-state index >= 15 is 0 Å². The summed E-state index contributed by atoms with van der Waals surface area (Å²) in [6, 6.07) is 0.459. The van der Waals surface area contributed by atoms with Gasteiger partial charge in [-0.25, -0.2) is 0 Å². The molecule has 0 aromatic heterocycles. The molecule has 0 aromatic carbocycles. The Morgan fingerprint density at radius 1 is 1.29 bits per heavy atom. The average molecular weight is 250 g/mol. The zero-order valence-corrected chi connectivity index (χ0v) is 10.3. The van der Waals surface area contributed by atoms with Gasteiger partial charge in [0, 0.05) is 6.04 Å². The van der Waals surface area contributed by atoms with E-state index in [1.807, 2.05) is 0 Å². The zero-order chi connectivity index (χ0) is 12.5. The van der Waals surface area contributed by atoms with Gasteiger partial charge in [0.1, 0.15) is 5.54 Å². The molecule has 2 nitrogen and oxygen atoms in total. The summed E-state index contributed by atoms with van der Waals surface area (Å²) in [5.41, 5.74) is -1.54. The van der Waals surface area contributed by atoms with Crippen LogP contribution in [0.4, 0.5) is 13.2 Å². The lowest BCUT2D eigenvalue weighted by atomic mass is 10.00. The summed E-state index contributed by atoms with van der Waals surface area (Å²) < 4.78 is 38.0. The molecule has 1 atom stereocenters. The minimum Gasteiger partial charge on any atom is -0.304 e. The number of piperidine rings is 1. The first-order chi connectivity index (χ1) is 7.95. The molecule has 5 heteroatoms. The van der Waals surface area contributed by atoms with Crippen molar-refractivity contribution in [3.05, 3.63) is 0 Å². The number of halogens is 3. The summed E-state index contributed by atoms with van der Waals surface area (Å²) in [7, 11) is 2.07. The zero-order valence-electron chi connectivity index (χ0n) is 10.3. The van der Waals surface area contributed by atoms with Crippen molar-refractivity contribution in [3.8, 4) is 0 Å². The Bertz CT molecular complexity index is 261. The maximum atomic E-state index is 12.7. The van der Waals surface area contributed by atoms with E-state index in [0.29, 0.717) is 12.6 Å². The Kier molecular flexibility index (Phi) is 3.69. The molecule has 17 heavy (non-hydrogen) atoms. The number of rotatable bonds is 4. The second-order valence-electron chi connectivity index (χ2n) is 5.43. The highest BCUT2D eigenvalue weighted by atomic mass is 19.4. The van der Waals surface area contributed by atoms with Crippen molar-refractivity contribution in [1.82, 2.24) is 10.2 Å². The van der Waals surface area contributed by atoms with E-state index in [4.69, 9.17) is 0 Å². The van der Waals surface area contributed by atoms with Crippen LogP contribution in [0.25, 0.3) is 0 Å². The fourth-order valence-electron chi connectivity index (χ4n) is 2.67. The largest absolute Gasteiger partial charge is 0.406 e. The van der Waals surface area contributed by atoms with E-state index in [1.165, 1.54) is 12.8 Å². The summed E-state index contributed by atoms with van der Waals surface area (Å²) in [4.78, 5) is 2.28. The average Bonchev–Trinajstić information content (AvgIpc) is 3.01. The molecule has 1 aliphatic carbocycles. The van der Waals surface area contributed by atoms with E-state index < -0.39 is 11.7 Å². The molecule has 0 amide bonds. The third-order valence-corrected chi connectivity index (χ3v) is 4.16. The first kappa shape index (κ1) is 13.1. The van der Waals surface area contributed by atoms with E-state index in [2.05, 4.69) is 17.3 Å². The predicted molar refractivity (Wildman–Crippen MR) is 60.9 cm³/mol. The molecule has 1 aliphatic heterocycles. The minimum atomic E-state index is -4.08. The van der Waals surface area contributed by atoms with Crippen LogP contribution in [0, 0.1) is 0 Å². The number of hydrogen-bond acceptors (Lipinski definition) is 2. The van der Waals surface area contributed by atoms with Crippen molar-refractivity contribution < 1.29 is 13.2 Å². The molecular weight excluding hydrogens is 229 g/mol. The van der Waals surface area contributed by atoms with Crippen LogP contribution in [0.3, 0.4) is 0 Å². The highest BCUT2D eigenvalue weighted by molar-refractivity contribution is 5.07. The quantitative estimate of drug-likeness (QED) is 0.825. The third kappa shape index (κ3) is 2.94. The van der Waals surface area contributed by atoms with Crippen molar-refractivity contribution in [2.24, 2.45) is 0 Å². The van der Waals surface area contributed by atoms with Gasteiger partial charge in [0.25, 0.3) is 0 Å². The van der Waals surface area contributed by atoms with E-state index in [9.17, 15) is 13.2 Å². The number of likely N-dealkylation sites (tertiary alicyclic amines) is 1. The van der Waals surface area contributed by atoms with Crippen molar-refractivity contribution in [2.75, 3.05) is 20.1 Å². The molecular formula is C12H21F3N2. The molecule has 100 valence electrons. The molecule has 2 aliphatic rings. The van der Waals surface area contributed by atoms with Crippen LogP contribution in [0.15, 0.2) is 0 Å². The Morgan fingerprint density at radius 3 is 2.53 bits per heavy atom. The molecule has 1 saturated heterocycles. The molecule has 1 heterocycles. The van der Waals surface area contributed by atoms with Gasteiger partial charge in [-0.2, -0.15) is 13.2 Å². The number of nitrogens with zero attached hydrogens (tertiary/aromatic N) is 1. The molecule has 0 aromatic rings. The first-order valence-corrected chi connectivity index (χ1v) is 6.47. The predicted octanol–water partition coefficient (Wildman–Crippen LogP) is 2.55. The van der Waals surface area contributed by atoms with Gasteiger partial charge in [0.15, 0.2) is 0 Å². The molecule has 1 N–H and O–H groups in total. The van der Waals surface area contributed by atoms with Gasteiger partial charge < -0.3 is 10.2 Å². The van der Waals surface area contributed by atoms with E-state index in [0.717, 1.165) is 19.4 Å². The van der Waals surface area contributed by atoms with Gasteiger partial charge in [-0.3, -0.25) is 0 Å². The Balaban J connectivity index is 1.73. The molecule has 0 spiro atoms. The summed E-state index contributed by atoms with van der Waals surface area (Å²) in [6.45, 7) is 1.56. The van der Waals surface area contributed by atoms with Crippen molar-refractivity contribution >= 4 is 0 Å². The van der Waals surface area contributed by atoms with Crippen molar-refractivity contribution in [3.63, 3.8) is 0 Å². The fourth-order valence-corrected chi connectivity index (χ4v) is 2.67. The standard InChI is InChI=1S/C12H21F3N2/c1-17-9-3-2-4-10(17)5-8-16-11(6-7-11)12(13,14)15/h10,16H,2-9H2,1H3. The van der Waals surface area contributed by atoms with Crippen LogP contribution in [0.2, 0.25) is 0 Å². The Morgan fingerprint density at radius 2 is 2.00 bits per heavy atom. The fraction of sp³-hybridized carbons (Fsp3) is 1.00. The molecule has 1 unspecified atom stereocenters. The Labute approximate surface area is 101 Å². The van der Waals surface area contributed by atoms with Crippen LogP contribution in [-0.4, -0.2) is 42.8 Å². The van der Waals surface area contributed by atoms with E-state index in [-0.39, 0.29) is 12.8 Å². The van der Waals surface area contributed by atoms with Crippen LogP contribution in [0.1, 0.15) is 38.5 Å². The van der Waals surface area contributed by atoms with Crippen LogP contribution in [0.5, 0.6) is 0 Å². The molecule has 2 fully saturated rings. The van der Waals surface area contributed by atoms with Gasteiger partial charge in [0.2, 0.25) is 0 Å². The summed E-state index contributed by atoms with van der Waals surface area (Å²) in [5, 5.41) is 2.73. The topological polar surface area (TPSA) is 15.3 Å². The SMILES string of the molecule is CN1CCCCC1CCNC1(C(F)(F)F)CC1. The van der Waals surface area contributed by atoms with Gasteiger partial charge >= 0.3 is 6.18 Å². The molecule has 2 rings (SSSR count). The van der Waals surface area contributed by atoms with Crippen LogP contribution in [-0.2, 0) is 0 Å². The van der Waals surface area contributed by atoms with Gasteiger partial charge in [0.05, 0.1) is 0 Å². The maximum absolute atomic E-state index is 12.7. The minimum absolute atomic E-state index is 0.247. The highest BCUT2D eigenvalue weighted by Crippen LogP contribution is 2.48. The maximum Gasteiger partial charge on any atom is 0.406 e. The second-order valence-corrected chi connectivity index (χ2v) is 5.43. The normalized spacial score (nSPS) is 29.3. The first-order valence-electron chi connectivity index (χ1n) is 6.47. The van der Waals surface area contributed by atoms with Crippen LogP contribution >= 0.6 is 0 Å². The molecule has 1 saturated carbocycles. The summed E-state index contributed by atoms with van der Waals surface area (Å²) in [5.74, 6) is 0. The van der Waals surface area contributed by atoms with Crippen molar-refractivity contribution in [1.29, 1.82) is 0 Å². The second kappa shape index (κ2) is 4.76. The lowest BCUT2D eigenvalue weighted by Gasteiger charge is -2.33. The van der Waals surface area contributed by atoms with Gasteiger partial charge in [-0.05, 0) is 52.2 Å². The summed E-state index contributed by atoms with van der Waals surface area (Å²) >= 11 is 0. The van der Waals surface area contributed by atoms with Crippen LogP contribution < -0.4 is 5.32 Å². The lowest BCUT2D eigenvalue weighted by Crippen LogP contribution is -2.47. The highest BCUT2D eigenvalue weighted by Gasteiger charge is 2.62. The lowest BCUT2D eigenvalue weighted by molar-refractivity contribution is -0.165. The number of hydrogen-bond donors (Lipinski definition) is 1. The molecule has 0 radical (unpaired) electrons. The summed E-state index contributed by atoms with van der Waals surface area (Å²) in [6.07, 6.45) is 0.789.